The molecule has 15 heavy (non-hydrogen) atoms. The predicted octanol–water partition coefficient (Wildman–Crippen LogP) is -1.43. The first-order valence-corrected chi connectivity index (χ1v) is 4.15. The van der Waals surface area contributed by atoms with E-state index in [2.05, 4.69) is 0 Å². The maximum Gasteiger partial charge on any atom is 0.338 e. The number of ether oxygens (including phenoxy) is 1. The van der Waals surface area contributed by atoms with Gasteiger partial charge < -0.3 is 22.3 Å². The average Bonchev–Trinajstić information content (AvgIpc) is 2.18. The predicted molar refractivity (Wildman–Crippen MR) is 49.4 cm³/mol. The Morgan fingerprint density at radius 2 is 1.93 bits per heavy atom. The minimum atomic E-state index is -1.06. The van der Waals surface area contributed by atoms with Gasteiger partial charge in [0.05, 0.1) is 17.7 Å². The van der Waals surface area contributed by atoms with Gasteiger partial charge in [0.15, 0.2) is 0 Å². The van der Waals surface area contributed by atoms with Crippen molar-refractivity contribution >= 4 is 11.9 Å². The summed E-state index contributed by atoms with van der Waals surface area (Å²) in [5.41, 5.74) is 0.335. The van der Waals surface area contributed by atoms with Gasteiger partial charge in [-0.25, -0.2) is 9.59 Å². The van der Waals surface area contributed by atoms with Gasteiger partial charge in [-0.1, -0.05) is 6.07 Å². The van der Waals surface area contributed by atoms with Crippen molar-refractivity contribution in [1.82, 2.24) is 0 Å². The summed E-state index contributed by atoms with van der Waals surface area (Å²) in [7, 11) is 0. The minimum Gasteiger partial charge on any atom is -1.00 e. The molecule has 1 rings (SSSR count). The molecule has 5 heteroatoms. The van der Waals surface area contributed by atoms with Crippen LogP contribution in [0.2, 0.25) is 0 Å². The molecule has 0 radical (unpaired) electrons. The van der Waals surface area contributed by atoms with Gasteiger partial charge in [0.25, 0.3) is 0 Å². The molecule has 0 aromatic heterocycles. The monoisotopic (exact) mass is 229 g/mol. The number of carboxylic acids is 1. The number of carbonyl (C=O) groups excluding carboxylic acids is 1. The third-order valence-corrected chi connectivity index (χ3v) is 1.62. The highest BCUT2D eigenvalue weighted by Gasteiger charge is 2.09. The number of esters is 1. The topological polar surface area (TPSA) is 63.6 Å². The van der Waals surface area contributed by atoms with Crippen LogP contribution in [0.5, 0.6) is 0 Å². The van der Waals surface area contributed by atoms with Crippen LogP contribution in [0.1, 0.15) is 27.6 Å². The smallest absolute Gasteiger partial charge is 0.338 e. The molecule has 0 bridgehead atoms. The van der Waals surface area contributed by atoms with Gasteiger partial charge in [0.1, 0.15) is 0 Å². The molecule has 0 aliphatic heterocycles. The molecule has 1 aromatic carbocycles. The lowest BCUT2D eigenvalue weighted by Gasteiger charge is -2.01. The molecular weight excluding hydrogens is 220 g/mol. The quantitative estimate of drug-likeness (QED) is 0.646. The van der Waals surface area contributed by atoms with Crippen molar-refractivity contribution in [3.8, 4) is 0 Å². The molecule has 0 saturated carbocycles. The third kappa shape index (κ3) is 3.59. The van der Waals surface area contributed by atoms with Crippen LogP contribution in [0.4, 0.5) is 0 Å². The fraction of sp³-hybridized carbons (Fsp3) is 0.200. The number of hydrogen-bond donors (Lipinski definition) is 1. The lowest BCUT2D eigenvalue weighted by Crippen LogP contribution is -3.00. The average molecular weight is 230 g/mol. The van der Waals surface area contributed by atoms with Gasteiger partial charge in [-0.3, -0.25) is 0 Å². The van der Waals surface area contributed by atoms with E-state index < -0.39 is 11.9 Å². The van der Waals surface area contributed by atoms with Crippen molar-refractivity contribution in [3.05, 3.63) is 35.4 Å². The summed E-state index contributed by atoms with van der Waals surface area (Å²) in [5, 5.41) is 8.67. The zero-order chi connectivity index (χ0) is 10.6. The van der Waals surface area contributed by atoms with Gasteiger partial charge in [0.2, 0.25) is 0 Å². The van der Waals surface area contributed by atoms with E-state index in [1.165, 1.54) is 24.3 Å². The Hall–Kier alpha value is -1.55. The Labute approximate surface area is 93.3 Å². The van der Waals surface area contributed by atoms with Crippen molar-refractivity contribution in [2.75, 3.05) is 6.61 Å². The van der Waals surface area contributed by atoms with Crippen molar-refractivity contribution in [2.45, 2.75) is 6.92 Å². The molecule has 82 valence electrons. The van der Waals surface area contributed by atoms with E-state index in [4.69, 9.17) is 9.84 Å². The third-order valence-electron chi connectivity index (χ3n) is 1.62. The standard InChI is InChI=1S/C10H10O4.ClH/c1-2-14-10(13)8-5-3-4-7(6-8)9(11)12;/h3-6H,2H2,1H3,(H,11,12);1H/p-1. The minimum absolute atomic E-state index is 0. The summed E-state index contributed by atoms with van der Waals surface area (Å²) in [6.45, 7) is 1.97. The first-order chi connectivity index (χ1) is 6.65. The molecule has 0 heterocycles. The van der Waals surface area contributed by atoms with Crippen LogP contribution in [-0.2, 0) is 4.74 Å². The van der Waals surface area contributed by atoms with E-state index in [0.29, 0.717) is 0 Å². The molecule has 0 aliphatic carbocycles. The Morgan fingerprint density at radius 3 is 2.47 bits per heavy atom. The van der Waals surface area contributed by atoms with E-state index in [1.807, 2.05) is 0 Å². The molecule has 0 spiro atoms. The Kier molecular flexibility index (Phi) is 5.41. The molecule has 0 aliphatic rings. The summed E-state index contributed by atoms with van der Waals surface area (Å²) < 4.78 is 4.73. The fourth-order valence-corrected chi connectivity index (χ4v) is 0.994. The maximum atomic E-state index is 11.2. The van der Waals surface area contributed by atoms with Gasteiger partial charge in [-0.2, -0.15) is 0 Å². The molecular formula is C10H10ClO4-. The van der Waals surface area contributed by atoms with Crippen LogP contribution in [-0.4, -0.2) is 23.7 Å². The lowest BCUT2D eigenvalue weighted by atomic mass is 10.1. The van der Waals surface area contributed by atoms with Crippen LogP contribution in [0, 0.1) is 0 Å². The van der Waals surface area contributed by atoms with Crippen LogP contribution >= 0.6 is 0 Å². The van der Waals surface area contributed by atoms with Crippen molar-refractivity contribution in [2.24, 2.45) is 0 Å². The fourth-order valence-electron chi connectivity index (χ4n) is 0.994. The number of aromatic carboxylic acids is 1. The summed E-state index contributed by atoms with van der Waals surface area (Å²) in [6.07, 6.45) is 0. The number of rotatable bonds is 3. The van der Waals surface area contributed by atoms with Gasteiger partial charge in [-0.15, -0.1) is 0 Å². The van der Waals surface area contributed by atoms with E-state index >= 15 is 0 Å². The van der Waals surface area contributed by atoms with Crippen molar-refractivity contribution in [1.29, 1.82) is 0 Å². The Balaban J connectivity index is 0.00000196. The molecule has 1 aromatic rings. The first-order valence-electron chi connectivity index (χ1n) is 4.15. The molecule has 0 fully saturated rings. The maximum absolute atomic E-state index is 11.2. The summed E-state index contributed by atoms with van der Waals surface area (Å²) in [5.74, 6) is -1.56. The van der Waals surface area contributed by atoms with Crippen LogP contribution < -0.4 is 12.4 Å². The molecule has 0 amide bonds. The number of benzene rings is 1. The van der Waals surface area contributed by atoms with E-state index in [1.54, 1.807) is 6.92 Å². The second-order valence-electron chi connectivity index (χ2n) is 2.61. The SMILES string of the molecule is CCOC(=O)c1cccc(C(=O)O)c1.[Cl-]. The normalized spacial score (nSPS) is 8.87. The number of carboxylic acid groups (broad SMARTS) is 1. The number of hydrogen-bond acceptors (Lipinski definition) is 3. The molecule has 0 saturated heterocycles. The van der Waals surface area contributed by atoms with Crippen LogP contribution in [0.15, 0.2) is 24.3 Å². The first kappa shape index (κ1) is 13.4. The highest BCUT2D eigenvalue weighted by atomic mass is 35.5. The van der Waals surface area contributed by atoms with E-state index in [-0.39, 0.29) is 30.1 Å². The second-order valence-corrected chi connectivity index (χ2v) is 2.61. The van der Waals surface area contributed by atoms with Crippen molar-refractivity contribution < 1.29 is 31.8 Å². The number of carbonyl (C=O) groups is 2. The van der Waals surface area contributed by atoms with Crippen LogP contribution in [0.25, 0.3) is 0 Å². The van der Waals surface area contributed by atoms with Gasteiger partial charge in [0, 0.05) is 0 Å². The summed E-state index contributed by atoms with van der Waals surface area (Å²) in [4.78, 5) is 21.8. The van der Waals surface area contributed by atoms with E-state index in [0.717, 1.165) is 0 Å². The molecule has 1 N–H and O–H groups in total. The second kappa shape index (κ2) is 6.03. The highest BCUT2D eigenvalue weighted by Crippen LogP contribution is 2.06. The molecule has 0 unspecified atom stereocenters. The molecule has 4 nitrogen and oxygen atoms in total. The van der Waals surface area contributed by atoms with E-state index in [9.17, 15) is 9.59 Å². The van der Waals surface area contributed by atoms with Crippen LogP contribution in [0.3, 0.4) is 0 Å². The zero-order valence-corrected chi connectivity index (χ0v) is 8.82. The van der Waals surface area contributed by atoms with Crippen molar-refractivity contribution in [3.63, 3.8) is 0 Å². The zero-order valence-electron chi connectivity index (χ0n) is 8.07. The number of halogens is 1. The van der Waals surface area contributed by atoms with Gasteiger partial charge >= 0.3 is 11.9 Å². The van der Waals surface area contributed by atoms with Gasteiger partial charge in [-0.05, 0) is 25.1 Å². The largest absolute Gasteiger partial charge is 1.00 e. The summed E-state index contributed by atoms with van der Waals surface area (Å²) in [6, 6.07) is 5.74. The Bertz CT molecular complexity index is 362. The molecule has 0 atom stereocenters. The Morgan fingerprint density at radius 1 is 1.33 bits per heavy atom. The summed E-state index contributed by atoms with van der Waals surface area (Å²) >= 11 is 0. The highest BCUT2D eigenvalue weighted by molar-refractivity contribution is 5.94. The lowest BCUT2D eigenvalue weighted by molar-refractivity contribution is -0.0000364.